The zero-order valence-electron chi connectivity index (χ0n) is 11.0. The van der Waals surface area contributed by atoms with E-state index in [2.05, 4.69) is 12.6 Å². The Hall–Kier alpha value is -2.61. The average Bonchev–Trinajstić information content (AvgIpc) is 3.01. The van der Waals surface area contributed by atoms with Crippen LogP contribution in [0.25, 0.3) is 16.8 Å². The molecule has 2 nitrogen and oxygen atoms in total. The maximum absolute atomic E-state index is 11.9. The van der Waals surface area contributed by atoms with E-state index in [-0.39, 0.29) is 5.97 Å². The van der Waals surface area contributed by atoms with Gasteiger partial charge in [0.15, 0.2) is 0 Å². The van der Waals surface area contributed by atoms with Gasteiger partial charge in [0.25, 0.3) is 0 Å². The van der Waals surface area contributed by atoms with Crippen molar-refractivity contribution in [2.75, 3.05) is 0 Å². The molecular weight excluding hydrogens is 248 g/mol. The molecule has 0 aliphatic heterocycles. The van der Waals surface area contributed by atoms with E-state index < -0.39 is 0 Å². The van der Waals surface area contributed by atoms with Gasteiger partial charge < -0.3 is 4.74 Å². The monoisotopic (exact) mass is 262 g/mol. The Kier molecular flexibility index (Phi) is 3.21. The van der Waals surface area contributed by atoms with Crippen LogP contribution in [0.15, 0.2) is 66.8 Å². The van der Waals surface area contributed by atoms with Crippen LogP contribution in [0.1, 0.15) is 12.0 Å². The minimum atomic E-state index is -0.280. The standard InChI is InChI=1S/C18H14O2/c1-2-13-7-8-16-12-17(10-9-15(16)11-13)20-18(19)14-5-3-4-6-14/h2-5,7-12H,1,6H2. The molecule has 0 N–H and O–H groups in total. The molecule has 2 aromatic carbocycles. The van der Waals surface area contributed by atoms with E-state index >= 15 is 0 Å². The van der Waals surface area contributed by atoms with Crippen molar-refractivity contribution in [3.8, 4) is 5.75 Å². The molecule has 0 saturated carbocycles. The predicted octanol–water partition coefficient (Wildman–Crippen LogP) is 4.27. The highest BCUT2D eigenvalue weighted by Gasteiger charge is 2.12. The lowest BCUT2D eigenvalue weighted by Gasteiger charge is -2.06. The van der Waals surface area contributed by atoms with Crippen LogP contribution in [0.4, 0.5) is 0 Å². The molecule has 0 spiro atoms. The Labute approximate surface area is 117 Å². The van der Waals surface area contributed by atoms with Crippen LogP contribution >= 0.6 is 0 Å². The van der Waals surface area contributed by atoms with Gasteiger partial charge in [-0.15, -0.1) is 0 Å². The number of hydrogen-bond donors (Lipinski definition) is 0. The first kappa shape index (κ1) is 12.4. The van der Waals surface area contributed by atoms with Gasteiger partial charge in [-0.05, 0) is 41.0 Å². The van der Waals surface area contributed by atoms with E-state index in [0.29, 0.717) is 17.7 Å². The Bertz CT molecular complexity index is 751. The molecular formula is C18H14O2. The van der Waals surface area contributed by atoms with Gasteiger partial charge >= 0.3 is 5.97 Å². The molecule has 3 rings (SSSR count). The fourth-order valence-electron chi connectivity index (χ4n) is 2.20. The van der Waals surface area contributed by atoms with Gasteiger partial charge in [0, 0.05) is 5.57 Å². The number of carbonyl (C=O) groups excluding carboxylic acids is 1. The second-order valence-corrected chi connectivity index (χ2v) is 4.69. The summed E-state index contributed by atoms with van der Waals surface area (Å²) in [6, 6.07) is 11.7. The summed E-state index contributed by atoms with van der Waals surface area (Å²) in [5.41, 5.74) is 1.76. The minimum absolute atomic E-state index is 0.280. The van der Waals surface area contributed by atoms with Crippen LogP contribution in [0.3, 0.4) is 0 Å². The highest BCUT2D eigenvalue weighted by molar-refractivity contribution is 5.92. The van der Waals surface area contributed by atoms with E-state index in [1.54, 1.807) is 6.08 Å². The third-order valence-corrected chi connectivity index (χ3v) is 3.32. The highest BCUT2D eigenvalue weighted by Crippen LogP contribution is 2.24. The maximum atomic E-state index is 11.9. The van der Waals surface area contributed by atoms with Crippen LogP contribution in [-0.4, -0.2) is 5.97 Å². The van der Waals surface area contributed by atoms with Crippen molar-refractivity contribution in [2.24, 2.45) is 0 Å². The van der Waals surface area contributed by atoms with E-state index in [4.69, 9.17) is 4.74 Å². The number of benzene rings is 2. The summed E-state index contributed by atoms with van der Waals surface area (Å²) in [7, 11) is 0. The molecule has 0 bridgehead atoms. The third kappa shape index (κ3) is 2.41. The van der Waals surface area contributed by atoms with Crippen molar-refractivity contribution >= 4 is 22.8 Å². The maximum Gasteiger partial charge on any atom is 0.339 e. The second kappa shape index (κ2) is 5.17. The Morgan fingerprint density at radius 1 is 1.15 bits per heavy atom. The molecule has 2 aromatic rings. The minimum Gasteiger partial charge on any atom is -0.423 e. The summed E-state index contributed by atoms with van der Waals surface area (Å²) >= 11 is 0. The molecule has 1 aliphatic carbocycles. The van der Waals surface area contributed by atoms with Crippen LogP contribution < -0.4 is 4.74 Å². The lowest BCUT2D eigenvalue weighted by atomic mass is 10.1. The Morgan fingerprint density at radius 2 is 1.95 bits per heavy atom. The van der Waals surface area contributed by atoms with Gasteiger partial charge in [-0.1, -0.05) is 49.1 Å². The molecule has 0 amide bonds. The van der Waals surface area contributed by atoms with Crippen molar-refractivity contribution < 1.29 is 9.53 Å². The molecule has 0 unspecified atom stereocenters. The SMILES string of the molecule is C=Cc1ccc2cc(OC(=O)C3=CC=CC3)ccc2c1. The van der Waals surface area contributed by atoms with Crippen LogP contribution in [-0.2, 0) is 4.79 Å². The first-order valence-electron chi connectivity index (χ1n) is 6.50. The number of fused-ring (bicyclic) bond motifs is 1. The van der Waals surface area contributed by atoms with E-state index in [1.165, 1.54) is 0 Å². The number of esters is 1. The molecule has 0 fully saturated rings. The Balaban J connectivity index is 1.85. The van der Waals surface area contributed by atoms with Crippen molar-refractivity contribution in [1.29, 1.82) is 0 Å². The number of ether oxygens (including phenoxy) is 1. The summed E-state index contributed by atoms with van der Waals surface area (Å²) in [6.45, 7) is 3.76. The molecule has 0 aromatic heterocycles. The molecule has 20 heavy (non-hydrogen) atoms. The molecule has 0 atom stereocenters. The van der Waals surface area contributed by atoms with E-state index in [9.17, 15) is 4.79 Å². The number of allylic oxidation sites excluding steroid dienone is 3. The van der Waals surface area contributed by atoms with Gasteiger partial charge in [-0.2, -0.15) is 0 Å². The van der Waals surface area contributed by atoms with Gasteiger partial charge in [-0.25, -0.2) is 4.79 Å². The van der Waals surface area contributed by atoms with Crippen LogP contribution in [0, 0.1) is 0 Å². The van der Waals surface area contributed by atoms with E-state index in [0.717, 1.165) is 16.3 Å². The van der Waals surface area contributed by atoms with Crippen molar-refractivity contribution in [1.82, 2.24) is 0 Å². The number of carbonyl (C=O) groups is 1. The normalized spacial score (nSPS) is 13.3. The quantitative estimate of drug-likeness (QED) is 0.609. The molecule has 98 valence electrons. The molecule has 0 heterocycles. The van der Waals surface area contributed by atoms with Crippen molar-refractivity contribution in [3.05, 3.63) is 72.3 Å². The number of rotatable bonds is 3. The van der Waals surface area contributed by atoms with Crippen LogP contribution in [0.5, 0.6) is 5.75 Å². The van der Waals surface area contributed by atoms with E-state index in [1.807, 2.05) is 48.6 Å². The second-order valence-electron chi connectivity index (χ2n) is 4.69. The lowest BCUT2D eigenvalue weighted by Crippen LogP contribution is -2.09. The molecule has 1 aliphatic rings. The zero-order valence-corrected chi connectivity index (χ0v) is 11.0. The van der Waals surface area contributed by atoms with Gasteiger partial charge in [0.05, 0.1) is 0 Å². The summed E-state index contributed by atoms with van der Waals surface area (Å²) in [6.07, 6.45) is 8.06. The summed E-state index contributed by atoms with van der Waals surface area (Å²) in [5.74, 6) is 0.290. The fraction of sp³-hybridized carbons (Fsp3) is 0.0556. The van der Waals surface area contributed by atoms with Gasteiger partial charge in [-0.3, -0.25) is 0 Å². The lowest BCUT2D eigenvalue weighted by molar-refractivity contribution is -0.130. The zero-order chi connectivity index (χ0) is 13.9. The Morgan fingerprint density at radius 3 is 2.70 bits per heavy atom. The summed E-state index contributed by atoms with van der Waals surface area (Å²) < 4.78 is 5.40. The fourth-order valence-corrected chi connectivity index (χ4v) is 2.20. The molecule has 0 radical (unpaired) electrons. The van der Waals surface area contributed by atoms with Crippen molar-refractivity contribution in [2.45, 2.75) is 6.42 Å². The first-order valence-corrected chi connectivity index (χ1v) is 6.50. The van der Waals surface area contributed by atoms with Crippen LogP contribution in [0.2, 0.25) is 0 Å². The molecule has 0 saturated heterocycles. The predicted molar refractivity (Wildman–Crippen MR) is 81.5 cm³/mol. The van der Waals surface area contributed by atoms with Gasteiger partial charge in [0.1, 0.15) is 5.75 Å². The average molecular weight is 262 g/mol. The van der Waals surface area contributed by atoms with Crippen molar-refractivity contribution in [3.63, 3.8) is 0 Å². The van der Waals surface area contributed by atoms with Gasteiger partial charge in [0.2, 0.25) is 0 Å². The molecule has 2 heteroatoms. The smallest absolute Gasteiger partial charge is 0.339 e. The summed E-state index contributed by atoms with van der Waals surface area (Å²) in [5, 5.41) is 2.14. The number of hydrogen-bond acceptors (Lipinski definition) is 2. The summed E-state index contributed by atoms with van der Waals surface area (Å²) in [4.78, 5) is 11.9. The topological polar surface area (TPSA) is 26.3 Å². The largest absolute Gasteiger partial charge is 0.423 e. The highest BCUT2D eigenvalue weighted by atomic mass is 16.5. The third-order valence-electron chi connectivity index (χ3n) is 3.32. The first-order chi connectivity index (χ1) is 9.76.